The minimum Gasteiger partial charge on any atom is -0.399 e. The molecule has 0 heterocycles. The molecular formula is C11H19N3O3S. The molecule has 0 spiro atoms. The third-order valence-corrected chi connectivity index (χ3v) is 3.53. The number of nitrogen functional groups attached to an aromatic ring is 1. The average Bonchev–Trinajstić information content (AvgIpc) is 2.26. The summed E-state index contributed by atoms with van der Waals surface area (Å²) >= 11 is 0. The van der Waals surface area contributed by atoms with E-state index in [0.29, 0.717) is 18.0 Å². The highest BCUT2D eigenvalue weighted by atomic mass is 32.2. The lowest BCUT2D eigenvalue weighted by Crippen LogP contribution is -2.32. The van der Waals surface area contributed by atoms with Crippen LogP contribution in [-0.4, -0.2) is 28.7 Å². The molecule has 0 unspecified atom stereocenters. The molecule has 0 saturated heterocycles. The molecule has 7 heteroatoms. The summed E-state index contributed by atoms with van der Waals surface area (Å²) in [5.41, 5.74) is 8.51. The topological polar surface area (TPSA) is 93.4 Å². The Morgan fingerprint density at radius 2 is 1.94 bits per heavy atom. The molecule has 0 aliphatic rings. The van der Waals surface area contributed by atoms with Crippen LogP contribution in [0.3, 0.4) is 0 Å². The van der Waals surface area contributed by atoms with Gasteiger partial charge >= 0.3 is 0 Å². The molecule has 0 saturated carbocycles. The molecule has 18 heavy (non-hydrogen) atoms. The molecule has 0 aliphatic heterocycles. The quantitative estimate of drug-likeness (QED) is 0.527. The van der Waals surface area contributed by atoms with Crippen LogP contribution in [0, 0.1) is 13.8 Å². The van der Waals surface area contributed by atoms with Gasteiger partial charge < -0.3 is 10.5 Å². The number of hydrogen-bond acceptors (Lipinski definition) is 4. The molecule has 0 aliphatic carbocycles. The van der Waals surface area contributed by atoms with Crippen LogP contribution < -0.4 is 15.2 Å². The van der Waals surface area contributed by atoms with Gasteiger partial charge in [0, 0.05) is 19.3 Å². The largest absolute Gasteiger partial charge is 0.399 e. The van der Waals surface area contributed by atoms with E-state index in [1.54, 1.807) is 19.1 Å². The fourth-order valence-corrected chi connectivity index (χ4v) is 2.34. The van der Waals surface area contributed by atoms with Gasteiger partial charge in [-0.2, -0.15) is 13.1 Å². The molecule has 4 N–H and O–H groups in total. The number of rotatable bonds is 6. The van der Waals surface area contributed by atoms with E-state index in [9.17, 15) is 8.42 Å². The minimum absolute atomic E-state index is 0.221. The number of ether oxygens (including phenoxy) is 1. The smallest absolute Gasteiger partial charge is 0.299 e. The molecule has 102 valence electrons. The first-order chi connectivity index (χ1) is 8.35. The van der Waals surface area contributed by atoms with Crippen LogP contribution in [0.4, 0.5) is 11.4 Å². The number of methoxy groups -OCH3 is 1. The number of nitrogens with one attached hydrogen (secondary N) is 2. The fourth-order valence-electron chi connectivity index (χ4n) is 1.41. The molecule has 1 aromatic carbocycles. The van der Waals surface area contributed by atoms with E-state index >= 15 is 0 Å². The summed E-state index contributed by atoms with van der Waals surface area (Å²) in [4.78, 5) is 0. The van der Waals surface area contributed by atoms with Gasteiger partial charge in [0.25, 0.3) is 10.2 Å². The SMILES string of the molecule is COCCNS(=O)(=O)Nc1cc(C)c(N)cc1C. The summed E-state index contributed by atoms with van der Waals surface area (Å²) in [5, 5.41) is 0. The first-order valence-corrected chi connectivity index (χ1v) is 6.97. The van der Waals surface area contributed by atoms with Gasteiger partial charge in [-0.3, -0.25) is 4.72 Å². The summed E-state index contributed by atoms with van der Waals surface area (Å²) in [7, 11) is -2.07. The molecule has 1 aromatic rings. The van der Waals surface area contributed by atoms with E-state index in [2.05, 4.69) is 9.44 Å². The monoisotopic (exact) mass is 273 g/mol. The molecule has 1 rings (SSSR count). The van der Waals surface area contributed by atoms with Crippen molar-refractivity contribution in [2.75, 3.05) is 30.7 Å². The van der Waals surface area contributed by atoms with Crippen LogP contribution in [-0.2, 0) is 14.9 Å². The highest BCUT2D eigenvalue weighted by Gasteiger charge is 2.11. The number of benzene rings is 1. The normalized spacial score (nSPS) is 11.5. The Kier molecular flexibility index (Phi) is 4.94. The predicted octanol–water partition coefficient (Wildman–Crippen LogP) is 0.778. The van der Waals surface area contributed by atoms with Gasteiger partial charge in [-0.15, -0.1) is 0 Å². The third-order valence-electron chi connectivity index (χ3n) is 2.46. The van der Waals surface area contributed by atoms with Gasteiger partial charge in [-0.1, -0.05) is 0 Å². The number of aryl methyl sites for hydroxylation is 2. The van der Waals surface area contributed by atoms with Crippen LogP contribution >= 0.6 is 0 Å². The van der Waals surface area contributed by atoms with E-state index in [0.717, 1.165) is 11.1 Å². The van der Waals surface area contributed by atoms with Crippen LogP contribution in [0.15, 0.2) is 12.1 Å². The van der Waals surface area contributed by atoms with E-state index in [4.69, 9.17) is 10.5 Å². The third kappa shape index (κ3) is 4.17. The van der Waals surface area contributed by atoms with Gasteiger partial charge in [-0.05, 0) is 37.1 Å². The maximum Gasteiger partial charge on any atom is 0.299 e. The molecule has 0 aromatic heterocycles. The molecule has 6 nitrogen and oxygen atoms in total. The summed E-state index contributed by atoms with van der Waals surface area (Å²) < 4.78 is 33.0. The average molecular weight is 273 g/mol. The minimum atomic E-state index is -3.58. The molecule has 0 amide bonds. The molecule has 0 fully saturated rings. The molecular weight excluding hydrogens is 254 g/mol. The van der Waals surface area contributed by atoms with Crippen LogP contribution in [0.25, 0.3) is 0 Å². The number of nitrogens with two attached hydrogens (primary N) is 1. The Morgan fingerprint density at radius 3 is 2.56 bits per heavy atom. The Morgan fingerprint density at radius 1 is 1.28 bits per heavy atom. The fraction of sp³-hybridized carbons (Fsp3) is 0.455. The van der Waals surface area contributed by atoms with Gasteiger partial charge in [0.1, 0.15) is 0 Å². The highest BCUT2D eigenvalue weighted by Crippen LogP contribution is 2.22. The lowest BCUT2D eigenvalue weighted by molar-refractivity contribution is 0.204. The maximum atomic E-state index is 11.7. The van der Waals surface area contributed by atoms with Crippen LogP contribution in [0.2, 0.25) is 0 Å². The zero-order chi connectivity index (χ0) is 13.8. The molecule has 0 bridgehead atoms. The first kappa shape index (κ1) is 14.7. The van der Waals surface area contributed by atoms with Crippen molar-refractivity contribution in [1.82, 2.24) is 4.72 Å². The second kappa shape index (κ2) is 6.03. The van der Waals surface area contributed by atoms with Gasteiger partial charge in [-0.25, -0.2) is 0 Å². The predicted molar refractivity (Wildman–Crippen MR) is 72.7 cm³/mol. The van der Waals surface area contributed by atoms with Crippen LogP contribution in [0.1, 0.15) is 11.1 Å². The Balaban J connectivity index is 2.81. The summed E-state index contributed by atoms with van der Waals surface area (Å²) in [6.07, 6.45) is 0. The Bertz CT molecular complexity index is 515. The summed E-state index contributed by atoms with van der Waals surface area (Å²) in [6.45, 7) is 4.16. The van der Waals surface area contributed by atoms with E-state index < -0.39 is 10.2 Å². The van der Waals surface area contributed by atoms with Gasteiger partial charge in [0.15, 0.2) is 0 Å². The maximum absolute atomic E-state index is 11.7. The summed E-state index contributed by atoms with van der Waals surface area (Å²) in [6, 6.07) is 3.45. The van der Waals surface area contributed by atoms with E-state index in [1.807, 2.05) is 6.92 Å². The van der Waals surface area contributed by atoms with Crippen molar-refractivity contribution in [2.24, 2.45) is 0 Å². The van der Waals surface area contributed by atoms with Crippen molar-refractivity contribution in [1.29, 1.82) is 0 Å². The number of anilines is 2. The Hall–Kier alpha value is -1.31. The van der Waals surface area contributed by atoms with Gasteiger partial charge in [0.05, 0.1) is 12.3 Å². The van der Waals surface area contributed by atoms with E-state index in [-0.39, 0.29) is 6.54 Å². The van der Waals surface area contributed by atoms with Crippen molar-refractivity contribution in [3.8, 4) is 0 Å². The zero-order valence-corrected chi connectivity index (χ0v) is 11.6. The van der Waals surface area contributed by atoms with Crippen molar-refractivity contribution < 1.29 is 13.2 Å². The molecule has 0 atom stereocenters. The van der Waals surface area contributed by atoms with Crippen molar-refractivity contribution >= 4 is 21.6 Å². The second-order valence-corrected chi connectivity index (χ2v) is 5.52. The number of hydrogen-bond donors (Lipinski definition) is 3. The van der Waals surface area contributed by atoms with Crippen molar-refractivity contribution in [2.45, 2.75) is 13.8 Å². The lowest BCUT2D eigenvalue weighted by Gasteiger charge is -2.13. The second-order valence-electron chi connectivity index (χ2n) is 4.02. The highest BCUT2D eigenvalue weighted by molar-refractivity contribution is 7.90. The lowest BCUT2D eigenvalue weighted by atomic mass is 10.1. The van der Waals surface area contributed by atoms with Crippen LogP contribution in [0.5, 0.6) is 0 Å². The standard InChI is InChI=1S/C11H19N3O3S/c1-8-7-11(9(2)6-10(8)12)14-18(15,16)13-4-5-17-3/h6-7,13-14H,4-5,12H2,1-3H3. The van der Waals surface area contributed by atoms with Crippen molar-refractivity contribution in [3.63, 3.8) is 0 Å². The first-order valence-electron chi connectivity index (χ1n) is 5.49. The van der Waals surface area contributed by atoms with Crippen molar-refractivity contribution in [3.05, 3.63) is 23.3 Å². The van der Waals surface area contributed by atoms with E-state index in [1.165, 1.54) is 7.11 Å². The van der Waals surface area contributed by atoms with Gasteiger partial charge in [0.2, 0.25) is 0 Å². The molecule has 0 radical (unpaired) electrons. The Labute approximate surface area is 108 Å². The zero-order valence-electron chi connectivity index (χ0n) is 10.8. The summed E-state index contributed by atoms with van der Waals surface area (Å²) in [5.74, 6) is 0.